The molecular weight excluding hydrogens is 246 g/mol. The smallest absolute Gasteiger partial charge is 0.160 e. The van der Waals surface area contributed by atoms with E-state index in [1.54, 1.807) is 0 Å². The van der Waals surface area contributed by atoms with Gasteiger partial charge in [0.15, 0.2) is 5.65 Å². The van der Waals surface area contributed by atoms with Crippen molar-refractivity contribution < 1.29 is 0 Å². The Morgan fingerprint density at radius 1 is 1.06 bits per heavy atom. The van der Waals surface area contributed by atoms with Gasteiger partial charge in [-0.3, -0.25) is 4.40 Å². The van der Waals surface area contributed by atoms with Gasteiger partial charge in [0.2, 0.25) is 0 Å². The topological polar surface area (TPSA) is 30.2 Å². The molecule has 0 amide bonds. The highest BCUT2D eigenvalue weighted by molar-refractivity contribution is 6.31. The highest BCUT2D eigenvalue weighted by atomic mass is 35.5. The predicted molar refractivity (Wildman–Crippen MR) is 72.0 cm³/mol. The normalized spacial score (nSPS) is 11.0. The van der Waals surface area contributed by atoms with Gasteiger partial charge in [-0.2, -0.15) is 0 Å². The van der Waals surface area contributed by atoms with E-state index < -0.39 is 0 Å². The van der Waals surface area contributed by atoms with Crippen molar-refractivity contribution in [3.05, 3.63) is 64.6 Å². The standard InChI is InChI=1S/C14H12ClN3/c1-10-5-4-8-13-16-17-14(18(10)13)9-11-6-2-3-7-12(11)15/h2-8H,9H2,1H3. The van der Waals surface area contributed by atoms with Gasteiger partial charge in [0.25, 0.3) is 0 Å². The van der Waals surface area contributed by atoms with Crippen molar-refractivity contribution in [3.63, 3.8) is 0 Å². The van der Waals surface area contributed by atoms with Gasteiger partial charge in [0, 0.05) is 17.1 Å². The average molecular weight is 258 g/mol. The van der Waals surface area contributed by atoms with Crippen LogP contribution in [0.3, 0.4) is 0 Å². The van der Waals surface area contributed by atoms with E-state index in [9.17, 15) is 0 Å². The number of pyridine rings is 1. The maximum atomic E-state index is 6.17. The van der Waals surface area contributed by atoms with E-state index in [-0.39, 0.29) is 0 Å². The molecule has 0 aliphatic rings. The van der Waals surface area contributed by atoms with Gasteiger partial charge in [-0.05, 0) is 30.7 Å². The Balaban J connectivity index is 2.09. The monoisotopic (exact) mass is 257 g/mol. The Morgan fingerprint density at radius 3 is 2.72 bits per heavy atom. The molecule has 4 heteroatoms. The molecule has 3 nitrogen and oxygen atoms in total. The van der Waals surface area contributed by atoms with Gasteiger partial charge in [-0.25, -0.2) is 0 Å². The lowest BCUT2D eigenvalue weighted by Gasteiger charge is -2.05. The highest BCUT2D eigenvalue weighted by Crippen LogP contribution is 2.19. The Hall–Kier alpha value is -1.87. The Labute approximate surface area is 110 Å². The summed E-state index contributed by atoms with van der Waals surface area (Å²) in [7, 11) is 0. The third-order valence-electron chi connectivity index (χ3n) is 3.00. The number of benzene rings is 1. The molecular formula is C14H12ClN3. The number of aromatic nitrogens is 3. The first kappa shape index (κ1) is 11.2. The fraction of sp³-hybridized carbons (Fsp3) is 0.143. The van der Waals surface area contributed by atoms with Crippen LogP contribution in [0.15, 0.2) is 42.5 Å². The Bertz CT molecular complexity index is 703. The summed E-state index contributed by atoms with van der Waals surface area (Å²) < 4.78 is 2.06. The average Bonchev–Trinajstić information content (AvgIpc) is 2.77. The molecule has 0 spiro atoms. The van der Waals surface area contributed by atoms with Crippen LogP contribution in [0.4, 0.5) is 0 Å². The molecule has 2 heterocycles. The first-order valence-electron chi connectivity index (χ1n) is 5.79. The van der Waals surface area contributed by atoms with Gasteiger partial charge in [0.1, 0.15) is 5.82 Å². The summed E-state index contributed by atoms with van der Waals surface area (Å²) in [5.41, 5.74) is 3.06. The van der Waals surface area contributed by atoms with Crippen molar-refractivity contribution in [1.29, 1.82) is 0 Å². The zero-order valence-electron chi connectivity index (χ0n) is 9.97. The van der Waals surface area contributed by atoms with Crippen molar-refractivity contribution >= 4 is 17.2 Å². The van der Waals surface area contributed by atoms with Crippen LogP contribution >= 0.6 is 11.6 Å². The third-order valence-corrected chi connectivity index (χ3v) is 3.37. The number of halogens is 1. The fourth-order valence-electron chi connectivity index (χ4n) is 2.10. The second kappa shape index (κ2) is 4.42. The van der Waals surface area contributed by atoms with Crippen LogP contribution in [0.25, 0.3) is 5.65 Å². The lowest BCUT2D eigenvalue weighted by atomic mass is 10.1. The minimum Gasteiger partial charge on any atom is -0.283 e. The first-order valence-corrected chi connectivity index (χ1v) is 6.16. The SMILES string of the molecule is Cc1cccc2nnc(Cc3ccccc3Cl)n12. The molecule has 0 radical (unpaired) electrons. The molecule has 0 unspecified atom stereocenters. The number of hydrogen-bond acceptors (Lipinski definition) is 2. The van der Waals surface area contributed by atoms with E-state index in [1.165, 1.54) is 0 Å². The summed E-state index contributed by atoms with van der Waals surface area (Å²) >= 11 is 6.17. The molecule has 0 atom stereocenters. The summed E-state index contributed by atoms with van der Waals surface area (Å²) in [5.74, 6) is 0.913. The van der Waals surface area contributed by atoms with Crippen LogP contribution in [0.1, 0.15) is 17.1 Å². The zero-order chi connectivity index (χ0) is 12.5. The molecule has 0 saturated heterocycles. The molecule has 3 aromatic rings. The van der Waals surface area contributed by atoms with Gasteiger partial charge >= 0.3 is 0 Å². The quantitative estimate of drug-likeness (QED) is 0.705. The number of nitrogens with zero attached hydrogens (tertiary/aromatic N) is 3. The highest BCUT2D eigenvalue weighted by Gasteiger charge is 2.09. The van der Waals surface area contributed by atoms with Crippen LogP contribution in [0.2, 0.25) is 5.02 Å². The minimum atomic E-state index is 0.686. The molecule has 90 valence electrons. The van der Waals surface area contributed by atoms with Gasteiger partial charge < -0.3 is 0 Å². The van der Waals surface area contributed by atoms with Gasteiger partial charge in [-0.1, -0.05) is 35.9 Å². The second-order valence-corrected chi connectivity index (χ2v) is 4.65. The second-order valence-electron chi connectivity index (χ2n) is 4.25. The number of rotatable bonds is 2. The van der Waals surface area contributed by atoms with Gasteiger partial charge in [-0.15, -0.1) is 10.2 Å². The van der Waals surface area contributed by atoms with Crippen molar-refractivity contribution in [2.75, 3.05) is 0 Å². The molecule has 0 fully saturated rings. The molecule has 18 heavy (non-hydrogen) atoms. The molecule has 0 saturated carbocycles. The number of aryl methyl sites for hydroxylation is 1. The van der Waals surface area contributed by atoms with Crippen LogP contribution in [0.5, 0.6) is 0 Å². The van der Waals surface area contributed by atoms with E-state index in [0.717, 1.165) is 27.8 Å². The van der Waals surface area contributed by atoms with Crippen molar-refractivity contribution in [2.45, 2.75) is 13.3 Å². The number of fused-ring (bicyclic) bond motifs is 1. The fourth-order valence-corrected chi connectivity index (χ4v) is 2.30. The third kappa shape index (κ3) is 1.87. The maximum absolute atomic E-state index is 6.17. The van der Waals surface area contributed by atoms with Crippen LogP contribution < -0.4 is 0 Å². The lowest BCUT2D eigenvalue weighted by Crippen LogP contribution is -1.99. The molecule has 0 aliphatic heterocycles. The van der Waals surface area contributed by atoms with E-state index in [1.807, 2.05) is 49.4 Å². The van der Waals surface area contributed by atoms with Gasteiger partial charge in [0.05, 0.1) is 0 Å². The molecule has 3 rings (SSSR count). The Morgan fingerprint density at radius 2 is 1.89 bits per heavy atom. The summed E-state index contributed by atoms with van der Waals surface area (Å²) in [6.07, 6.45) is 0.686. The van der Waals surface area contributed by atoms with Crippen LogP contribution in [0, 0.1) is 6.92 Å². The summed E-state index contributed by atoms with van der Waals surface area (Å²) in [4.78, 5) is 0. The summed E-state index contributed by atoms with van der Waals surface area (Å²) in [5, 5.41) is 9.19. The van der Waals surface area contributed by atoms with Crippen molar-refractivity contribution in [3.8, 4) is 0 Å². The largest absolute Gasteiger partial charge is 0.283 e. The Kier molecular flexibility index (Phi) is 2.76. The lowest BCUT2D eigenvalue weighted by molar-refractivity contribution is 0.915. The molecule has 1 aromatic carbocycles. The van der Waals surface area contributed by atoms with Crippen LogP contribution in [-0.2, 0) is 6.42 Å². The maximum Gasteiger partial charge on any atom is 0.160 e. The van der Waals surface area contributed by atoms with E-state index in [0.29, 0.717) is 6.42 Å². The van der Waals surface area contributed by atoms with Crippen LogP contribution in [-0.4, -0.2) is 14.6 Å². The summed E-state index contributed by atoms with van der Waals surface area (Å²) in [6.45, 7) is 2.05. The predicted octanol–water partition coefficient (Wildman–Crippen LogP) is 3.28. The van der Waals surface area contributed by atoms with E-state index >= 15 is 0 Å². The van der Waals surface area contributed by atoms with E-state index in [4.69, 9.17) is 11.6 Å². The van der Waals surface area contributed by atoms with E-state index in [2.05, 4.69) is 14.6 Å². The van der Waals surface area contributed by atoms with Crippen molar-refractivity contribution in [1.82, 2.24) is 14.6 Å². The van der Waals surface area contributed by atoms with Crippen molar-refractivity contribution in [2.24, 2.45) is 0 Å². The minimum absolute atomic E-state index is 0.686. The molecule has 0 N–H and O–H groups in total. The number of hydrogen-bond donors (Lipinski definition) is 0. The first-order chi connectivity index (χ1) is 8.75. The summed E-state index contributed by atoms with van der Waals surface area (Å²) in [6, 6.07) is 13.8. The molecule has 2 aromatic heterocycles. The molecule has 0 bridgehead atoms. The molecule has 0 aliphatic carbocycles. The zero-order valence-corrected chi connectivity index (χ0v) is 10.7.